The monoisotopic (exact) mass is 252 g/mol. The van der Waals surface area contributed by atoms with Crippen LogP contribution in [0.1, 0.15) is 11.1 Å². The Morgan fingerprint density at radius 3 is 2.39 bits per heavy atom. The second-order valence-electron chi connectivity index (χ2n) is 4.98. The molecule has 3 nitrogen and oxygen atoms in total. The highest BCUT2D eigenvalue weighted by Gasteiger charge is 2.16. The van der Waals surface area contributed by atoms with Crippen LogP contribution in [0.4, 0.5) is 4.39 Å². The van der Waals surface area contributed by atoms with Crippen LogP contribution in [0.15, 0.2) is 18.2 Å². The van der Waals surface area contributed by atoms with Crippen molar-refractivity contribution in [2.75, 3.05) is 39.3 Å². The second kappa shape index (κ2) is 6.27. The first-order valence-electron chi connectivity index (χ1n) is 6.49. The zero-order valence-electron chi connectivity index (χ0n) is 10.9. The Morgan fingerprint density at radius 2 is 1.78 bits per heavy atom. The summed E-state index contributed by atoms with van der Waals surface area (Å²) in [6, 6.07) is 5.22. The van der Waals surface area contributed by atoms with Crippen LogP contribution in [0, 0.1) is 12.7 Å². The fourth-order valence-electron chi connectivity index (χ4n) is 2.47. The number of hydrogen-bond acceptors (Lipinski definition) is 3. The highest BCUT2D eigenvalue weighted by atomic mass is 19.1. The lowest BCUT2D eigenvalue weighted by molar-refractivity contribution is 0.108. The van der Waals surface area contributed by atoms with E-state index in [0.717, 1.165) is 50.4 Å². The first-order chi connectivity index (χ1) is 8.67. The molecule has 1 aliphatic heterocycles. The topological polar surface area (TPSA) is 26.7 Å². The maximum Gasteiger partial charge on any atom is 0.123 e. The third kappa shape index (κ3) is 3.77. The summed E-state index contributed by atoms with van der Waals surface area (Å²) in [5.41, 5.74) is 2.02. The van der Waals surface area contributed by atoms with Crippen LogP contribution in [0.2, 0.25) is 0 Å². The van der Waals surface area contributed by atoms with Crippen molar-refractivity contribution in [3.05, 3.63) is 35.1 Å². The van der Waals surface area contributed by atoms with Crippen molar-refractivity contribution in [2.24, 2.45) is 0 Å². The Balaban J connectivity index is 1.87. The molecule has 0 aliphatic carbocycles. The van der Waals surface area contributed by atoms with E-state index in [4.69, 9.17) is 5.11 Å². The number of benzene rings is 1. The Kier molecular flexibility index (Phi) is 4.69. The first kappa shape index (κ1) is 13.5. The van der Waals surface area contributed by atoms with Crippen LogP contribution in [0.3, 0.4) is 0 Å². The van der Waals surface area contributed by atoms with E-state index in [1.54, 1.807) is 12.1 Å². The highest BCUT2D eigenvalue weighted by molar-refractivity contribution is 5.23. The number of aryl methyl sites for hydroxylation is 1. The standard InChI is InChI=1S/C14H21FN2O/c1-12-8-13(10-14(15)9-12)11-17-4-2-16(3-5-17)6-7-18/h8-10,18H,2-7,11H2,1H3. The molecule has 0 radical (unpaired) electrons. The SMILES string of the molecule is Cc1cc(F)cc(CN2CCN(CCO)CC2)c1. The number of aliphatic hydroxyl groups is 1. The average molecular weight is 252 g/mol. The molecule has 0 unspecified atom stereocenters. The average Bonchev–Trinajstić information content (AvgIpc) is 2.31. The molecule has 1 N–H and O–H groups in total. The molecule has 2 rings (SSSR count). The van der Waals surface area contributed by atoms with Crippen molar-refractivity contribution in [1.82, 2.24) is 9.80 Å². The van der Waals surface area contributed by atoms with Gasteiger partial charge in [0.2, 0.25) is 0 Å². The van der Waals surface area contributed by atoms with Gasteiger partial charge >= 0.3 is 0 Å². The Bertz CT molecular complexity index is 369. The lowest BCUT2D eigenvalue weighted by Crippen LogP contribution is -2.46. The van der Waals surface area contributed by atoms with Gasteiger partial charge in [0.15, 0.2) is 0 Å². The Morgan fingerprint density at radius 1 is 1.11 bits per heavy atom. The highest BCUT2D eigenvalue weighted by Crippen LogP contribution is 2.12. The van der Waals surface area contributed by atoms with Gasteiger partial charge in [0.05, 0.1) is 6.61 Å². The maximum absolute atomic E-state index is 13.3. The van der Waals surface area contributed by atoms with E-state index in [2.05, 4.69) is 9.80 Å². The van der Waals surface area contributed by atoms with Gasteiger partial charge in [0.1, 0.15) is 5.82 Å². The number of rotatable bonds is 4. The number of β-amino-alcohol motifs (C(OH)–C–C–N with tert-alkyl or cyclic N) is 1. The van der Waals surface area contributed by atoms with Crippen LogP contribution in [0.25, 0.3) is 0 Å². The summed E-state index contributed by atoms with van der Waals surface area (Å²) >= 11 is 0. The van der Waals surface area contributed by atoms with E-state index in [9.17, 15) is 4.39 Å². The molecule has 0 bridgehead atoms. The predicted octanol–water partition coefficient (Wildman–Crippen LogP) is 1.24. The lowest BCUT2D eigenvalue weighted by atomic mass is 10.1. The number of halogens is 1. The fraction of sp³-hybridized carbons (Fsp3) is 0.571. The lowest BCUT2D eigenvalue weighted by Gasteiger charge is -2.34. The number of piperazine rings is 1. The molecule has 0 amide bonds. The van der Waals surface area contributed by atoms with Crippen LogP contribution in [-0.2, 0) is 6.54 Å². The fourth-order valence-corrected chi connectivity index (χ4v) is 2.47. The van der Waals surface area contributed by atoms with Gasteiger partial charge in [0, 0.05) is 39.3 Å². The summed E-state index contributed by atoms with van der Waals surface area (Å²) in [5.74, 6) is -0.149. The van der Waals surface area contributed by atoms with E-state index >= 15 is 0 Å². The minimum atomic E-state index is -0.149. The van der Waals surface area contributed by atoms with Gasteiger partial charge in [-0.15, -0.1) is 0 Å². The summed E-state index contributed by atoms with van der Waals surface area (Å²) in [6.45, 7) is 7.64. The normalized spacial score (nSPS) is 18.2. The van der Waals surface area contributed by atoms with Gasteiger partial charge in [-0.25, -0.2) is 4.39 Å². The quantitative estimate of drug-likeness (QED) is 0.873. The largest absolute Gasteiger partial charge is 0.395 e. The van der Waals surface area contributed by atoms with Crippen molar-refractivity contribution < 1.29 is 9.50 Å². The van der Waals surface area contributed by atoms with Gasteiger partial charge in [-0.2, -0.15) is 0 Å². The van der Waals surface area contributed by atoms with E-state index < -0.39 is 0 Å². The van der Waals surface area contributed by atoms with Crippen molar-refractivity contribution in [3.8, 4) is 0 Å². The van der Waals surface area contributed by atoms with Crippen LogP contribution >= 0.6 is 0 Å². The first-order valence-corrected chi connectivity index (χ1v) is 6.49. The summed E-state index contributed by atoms with van der Waals surface area (Å²) in [5, 5.41) is 8.88. The zero-order valence-corrected chi connectivity index (χ0v) is 10.9. The molecular weight excluding hydrogens is 231 g/mol. The van der Waals surface area contributed by atoms with Crippen molar-refractivity contribution in [2.45, 2.75) is 13.5 Å². The molecule has 0 aromatic heterocycles. The van der Waals surface area contributed by atoms with E-state index in [1.165, 1.54) is 0 Å². The van der Waals surface area contributed by atoms with Gasteiger partial charge in [-0.3, -0.25) is 9.80 Å². The molecule has 1 saturated heterocycles. The third-order valence-corrected chi connectivity index (χ3v) is 3.39. The Labute approximate surface area is 108 Å². The zero-order chi connectivity index (χ0) is 13.0. The van der Waals surface area contributed by atoms with Gasteiger partial charge in [0.25, 0.3) is 0 Å². The molecule has 1 fully saturated rings. The molecule has 1 aromatic carbocycles. The van der Waals surface area contributed by atoms with Gasteiger partial charge < -0.3 is 5.11 Å². The summed E-state index contributed by atoms with van der Waals surface area (Å²) in [6.07, 6.45) is 0. The molecule has 0 atom stereocenters. The number of hydrogen-bond donors (Lipinski definition) is 1. The summed E-state index contributed by atoms with van der Waals surface area (Å²) in [4.78, 5) is 4.59. The van der Waals surface area contributed by atoms with E-state index in [-0.39, 0.29) is 12.4 Å². The molecule has 4 heteroatoms. The molecule has 100 valence electrons. The van der Waals surface area contributed by atoms with Crippen LogP contribution < -0.4 is 0 Å². The molecule has 0 spiro atoms. The molecule has 0 saturated carbocycles. The number of aliphatic hydroxyl groups excluding tert-OH is 1. The van der Waals surface area contributed by atoms with Crippen molar-refractivity contribution >= 4 is 0 Å². The number of nitrogens with zero attached hydrogens (tertiary/aromatic N) is 2. The molecular formula is C14H21FN2O. The van der Waals surface area contributed by atoms with E-state index in [0.29, 0.717) is 0 Å². The molecule has 18 heavy (non-hydrogen) atoms. The minimum absolute atomic E-state index is 0.149. The maximum atomic E-state index is 13.3. The Hall–Kier alpha value is -0.970. The van der Waals surface area contributed by atoms with Crippen molar-refractivity contribution in [3.63, 3.8) is 0 Å². The van der Waals surface area contributed by atoms with Gasteiger partial charge in [-0.05, 0) is 30.2 Å². The second-order valence-corrected chi connectivity index (χ2v) is 4.98. The molecule has 1 aliphatic rings. The smallest absolute Gasteiger partial charge is 0.123 e. The molecule has 1 heterocycles. The van der Waals surface area contributed by atoms with Crippen LogP contribution in [-0.4, -0.2) is 54.2 Å². The van der Waals surface area contributed by atoms with E-state index in [1.807, 2.05) is 13.0 Å². The third-order valence-electron chi connectivity index (χ3n) is 3.39. The summed E-state index contributed by atoms with van der Waals surface area (Å²) in [7, 11) is 0. The minimum Gasteiger partial charge on any atom is -0.395 e. The summed E-state index contributed by atoms with van der Waals surface area (Å²) < 4.78 is 13.3. The van der Waals surface area contributed by atoms with Crippen molar-refractivity contribution in [1.29, 1.82) is 0 Å². The van der Waals surface area contributed by atoms with Crippen LogP contribution in [0.5, 0.6) is 0 Å². The predicted molar refractivity (Wildman–Crippen MR) is 69.9 cm³/mol. The van der Waals surface area contributed by atoms with Gasteiger partial charge in [-0.1, -0.05) is 6.07 Å². The molecule has 1 aromatic rings.